The lowest BCUT2D eigenvalue weighted by atomic mass is 10.0. The van der Waals surface area contributed by atoms with Crippen molar-refractivity contribution in [1.29, 1.82) is 0 Å². The number of benzene rings is 3. The van der Waals surface area contributed by atoms with Gasteiger partial charge in [-0.15, -0.1) is 0 Å². The molecule has 6 nitrogen and oxygen atoms in total. The van der Waals surface area contributed by atoms with Gasteiger partial charge in [0, 0.05) is 6.07 Å². The van der Waals surface area contributed by atoms with Crippen LogP contribution in [0.2, 0.25) is 0 Å². The highest BCUT2D eigenvalue weighted by Gasteiger charge is 2.13. The molecule has 0 aliphatic rings. The van der Waals surface area contributed by atoms with E-state index < -0.39 is 17.7 Å². The monoisotopic (exact) mass is 462 g/mol. The molecule has 0 aromatic heterocycles. The third-order valence-corrected chi connectivity index (χ3v) is 5.49. The fraction of sp³-hybridized carbons (Fsp3) is 0.286. The zero-order valence-corrected chi connectivity index (χ0v) is 19.3. The van der Waals surface area contributed by atoms with Crippen molar-refractivity contribution in [3.05, 3.63) is 77.9 Å². The summed E-state index contributed by atoms with van der Waals surface area (Å²) >= 11 is 0. The Morgan fingerprint density at radius 2 is 1.35 bits per heavy atom. The predicted molar refractivity (Wildman–Crippen MR) is 131 cm³/mol. The van der Waals surface area contributed by atoms with Gasteiger partial charge in [-0.2, -0.15) is 0 Å². The van der Waals surface area contributed by atoms with Crippen LogP contribution in [-0.4, -0.2) is 28.8 Å². The van der Waals surface area contributed by atoms with E-state index in [9.17, 15) is 14.7 Å². The molecule has 0 spiro atoms. The van der Waals surface area contributed by atoms with Crippen molar-refractivity contribution in [3.63, 3.8) is 0 Å². The molecule has 3 aromatic carbocycles. The first-order valence-corrected chi connectivity index (χ1v) is 11.6. The lowest BCUT2D eigenvalue weighted by Crippen LogP contribution is -2.08. The molecule has 178 valence electrons. The Balaban J connectivity index is 1.52. The molecule has 0 unspecified atom stereocenters. The van der Waals surface area contributed by atoms with Gasteiger partial charge in [-0.1, -0.05) is 63.3 Å². The van der Waals surface area contributed by atoms with Crippen molar-refractivity contribution >= 4 is 11.9 Å². The van der Waals surface area contributed by atoms with Crippen LogP contribution in [0.1, 0.15) is 66.2 Å². The normalized spacial score (nSPS) is 10.6. The number of ether oxygens (including phenoxy) is 2. The first-order chi connectivity index (χ1) is 16.5. The summed E-state index contributed by atoms with van der Waals surface area (Å²) in [4.78, 5) is 23.4. The number of carbonyl (C=O) groups is 2. The summed E-state index contributed by atoms with van der Waals surface area (Å²) in [6.45, 7) is 2.94. The second-order valence-corrected chi connectivity index (χ2v) is 8.09. The van der Waals surface area contributed by atoms with Gasteiger partial charge in [0.05, 0.1) is 12.2 Å². The largest absolute Gasteiger partial charge is 0.507 e. The van der Waals surface area contributed by atoms with Crippen LogP contribution in [0.25, 0.3) is 11.1 Å². The Kier molecular flexibility index (Phi) is 9.09. The summed E-state index contributed by atoms with van der Waals surface area (Å²) in [5.41, 5.74) is 2.02. The van der Waals surface area contributed by atoms with Crippen LogP contribution in [0.15, 0.2) is 66.7 Å². The number of aromatic hydroxyl groups is 1. The van der Waals surface area contributed by atoms with E-state index in [0.29, 0.717) is 5.56 Å². The topological polar surface area (TPSA) is 93.1 Å². The first-order valence-electron chi connectivity index (χ1n) is 11.6. The van der Waals surface area contributed by atoms with Gasteiger partial charge in [0.15, 0.2) is 0 Å². The number of unbranched alkanes of at least 4 members (excludes halogenated alkanes) is 5. The van der Waals surface area contributed by atoms with Crippen LogP contribution >= 0.6 is 0 Å². The van der Waals surface area contributed by atoms with E-state index in [1.807, 2.05) is 36.4 Å². The minimum absolute atomic E-state index is 0.0631. The Morgan fingerprint density at radius 3 is 1.97 bits per heavy atom. The van der Waals surface area contributed by atoms with E-state index in [2.05, 4.69) is 6.92 Å². The first kappa shape index (κ1) is 24.8. The maximum atomic E-state index is 12.4. The molecule has 0 aliphatic carbocycles. The number of rotatable bonds is 12. The molecule has 0 saturated carbocycles. The van der Waals surface area contributed by atoms with Gasteiger partial charge in [-0.25, -0.2) is 9.59 Å². The van der Waals surface area contributed by atoms with Crippen molar-refractivity contribution in [3.8, 4) is 28.4 Å². The van der Waals surface area contributed by atoms with E-state index in [1.54, 1.807) is 12.1 Å². The molecule has 2 N–H and O–H groups in total. The van der Waals surface area contributed by atoms with Crippen molar-refractivity contribution in [2.45, 2.75) is 45.4 Å². The fourth-order valence-corrected chi connectivity index (χ4v) is 3.54. The maximum absolute atomic E-state index is 12.4. The van der Waals surface area contributed by atoms with Gasteiger partial charge in [-0.05, 0) is 53.9 Å². The number of carbonyl (C=O) groups excluding carboxylic acids is 1. The molecule has 3 rings (SSSR count). The molecule has 0 aliphatic heterocycles. The van der Waals surface area contributed by atoms with Gasteiger partial charge in [0.1, 0.15) is 22.8 Å². The lowest BCUT2D eigenvalue weighted by molar-refractivity contribution is 0.0693. The van der Waals surface area contributed by atoms with Gasteiger partial charge >= 0.3 is 11.9 Å². The number of phenols is 1. The summed E-state index contributed by atoms with van der Waals surface area (Å²) in [7, 11) is 0. The molecule has 0 radical (unpaired) electrons. The van der Waals surface area contributed by atoms with Crippen molar-refractivity contribution < 1.29 is 29.3 Å². The number of hydrogen-bond donors (Lipinski definition) is 2. The summed E-state index contributed by atoms with van der Waals surface area (Å²) in [5, 5.41) is 18.7. The third-order valence-electron chi connectivity index (χ3n) is 5.49. The quantitative estimate of drug-likeness (QED) is 0.176. The van der Waals surface area contributed by atoms with Gasteiger partial charge in [0.2, 0.25) is 0 Å². The lowest BCUT2D eigenvalue weighted by Gasteiger charge is -2.09. The number of aromatic carboxylic acids is 1. The van der Waals surface area contributed by atoms with Gasteiger partial charge < -0.3 is 19.7 Å². The molecular weight excluding hydrogens is 432 g/mol. The number of esters is 1. The molecule has 0 atom stereocenters. The minimum Gasteiger partial charge on any atom is -0.507 e. The molecule has 34 heavy (non-hydrogen) atoms. The van der Waals surface area contributed by atoms with E-state index in [-0.39, 0.29) is 11.3 Å². The van der Waals surface area contributed by atoms with Gasteiger partial charge in [0.25, 0.3) is 0 Å². The SMILES string of the molecule is CCCCCCCCOc1ccc(-c2ccc(C(=O)Oc3ccc(C(=O)O)c(O)c3)cc2)cc1. The Morgan fingerprint density at radius 1 is 0.765 bits per heavy atom. The van der Waals surface area contributed by atoms with Crippen molar-refractivity contribution in [2.24, 2.45) is 0 Å². The highest BCUT2D eigenvalue weighted by atomic mass is 16.5. The standard InChI is InChI=1S/C28H30O6/c1-2-3-4-5-6-7-18-33-23-14-12-21(13-15-23)20-8-10-22(11-9-20)28(32)34-24-16-17-25(27(30)31)26(29)19-24/h8-17,19,29H,2-7,18H2,1H3,(H,30,31). The molecule has 3 aromatic rings. The number of hydrogen-bond acceptors (Lipinski definition) is 5. The smallest absolute Gasteiger partial charge is 0.343 e. The summed E-state index contributed by atoms with van der Waals surface area (Å²) in [5.74, 6) is -1.42. The van der Waals surface area contributed by atoms with Crippen LogP contribution in [0.3, 0.4) is 0 Å². The van der Waals surface area contributed by atoms with Crippen LogP contribution in [0, 0.1) is 0 Å². The van der Waals surface area contributed by atoms with Crippen molar-refractivity contribution in [1.82, 2.24) is 0 Å². The Bertz CT molecular complexity index is 1090. The van der Waals surface area contributed by atoms with E-state index in [0.717, 1.165) is 36.0 Å². The molecule has 0 bridgehead atoms. The van der Waals surface area contributed by atoms with E-state index >= 15 is 0 Å². The fourth-order valence-electron chi connectivity index (χ4n) is 3.54. The van der Waals surface area contributed by atoms with E-state index in [1.165, 1.54) is 44.2 Å². The van der Waals surface area contributed by atoms with Crippen LogP contribution < -0.4 is 9.47 Å². The Labute approximate surface area is 199 Å². The number of carboxylic acids is 1. The van der Waals surface area contributed by atoms with Crippen LogP contribution in [0.4, 0.5) is 0 Å². The summed E-state index contributed by atoms with van der Waals surface area (Å²) < 4.78 is 11.1. The van der Waals surface area contributed by atoms with Gasteiger partial charge in [-0.3, -0.25) is 0 Å². The average Bonchev–Trinajstić information content (AvgIpc) is 2.84. The predicted octanol–water partition coefficient (Wildman–Crippen LogP) is 6.72. The zero-order valence-electron chi connectivity index (χ0n) is 19.3. The maximum Gasteiger partial charge on any atom is 0.343 e. The molecule has 6 heteroatoms. The second kappa shape index (κ2) is 12.4. The third kappa shape index (κ3) is 7.10. The molecule has 0 saturated heterocycles. The van der Waals surface area contributed by atoms with Crippen LogP contribution in [-0.2, 0) is 0 Å². The zero-order chi connectivity index (χ0) is 24.3. The average molecular weight is 463 g/mol. The van der Waals surface area contributed by atoms with Crippen molar-refractivity contribution in [2.75, 3.05) is 6.61 Å². The highest BCUT2D eigenvalue weighted by Crippen LogP contribution is 2.26. The molecule has 0 amide bonds. The minimum atomic E-state index is -1.26. The Hall–Kier alpha value is -3.80. The highest BCUT2D eigenvalue weighted by molar-refractivity contribution is 5.93. The van der Waals surface area contributed by atoms with E-state index in [4.69, 9.17) is 14.6 Å². The summed E-state index contributed by atoms with van der Waals surface area (Å²) in [6.07, 6.45) is 7.38. The number of carboxylic acid groups (broad SMARTS) is 1. The van der Waals surface area contributed by atoms with Crippen LogP contribution in [0.5, 0.6) is 17.2 Å². The molecule has 0 heterocycles. The summed E-state index contributed by atoms with van der Waals surface area (Å²) in [6, 6.07) is 18.4. The second-order valence-electron chi connectivity index (χ2n) is 8.09. The molecular formula is C28H30O6. The molecule has 0 fully saturated rings.